The molecule has 0 spiro atoms. The number of sulfonamides is 1. The molecule has 0 bridgehead atoms. The van der Waals surface area contributed by atoms with Crippen molar-refractivity contribution in [2.45, 2.75) is 30.2 Å². The highest BCUT2D eigenvalue weighted by Gasteiger charge is 2.29. The molecule has 0 amide bonds. The highest BCUT2D eigenvalue weighted by molar-refractivity contribution is 7.90. The largest absolute Gasteiger partial charge is 0.246 e. The minimum Gasteiger partial charge on any atom is -0.224 e. The summed E-state index contributed by atoms with van der Waals surface area (Å²) in [5.41, 5.74) is 0.725. The van der Waals surface area contributed by atoms with E-state index in [1.807, 2.05) is 19.9 Å². The monoisotopic (exact) mass is 515 g/mol. The van der Waals surface area contributed by atoms with Crippen molar-refractivity contribution in [1.29, 1.82) is 0 Å². The number of nitrogens with zero attached hydrogens (tertiary/aromatic N) is 1. The third-order valence-corrected chi connectivity index (χ3v) is 8.99. The maximum atomic E-state index is 14.5. The van der Waals surface area contributed by atoms with Gasteiger partial charge in [0.1, 0.15) is 4.90 Å². The molecule has 0 unspecified atom stereocenters. The van der Waals surface area contributed by atoms with E-state index < -0.39 is 30.6 Å². The van der Waals surface area contributed by atoms with Gasteiger partial charge in [0.25, 0.3) is 0 Å². The normalized spacial score (nSPS) is 12.6. The van der Waals surface area contributed by atoms with Crippen LogP contribution >= 0.6 is 22.9 Å². The van der Waals surface area contributed by atoms with E-state index in [2.05, 4.69) is 0 Å². The molecule has 1 heterocycles. The van der Waals surface area contributed by atoms with Crippen LogP contribution in [0.2, 0.25) is 5.02 Å². The lowest BCUT2D eigenvalue weighted by molar-refractivity contribution is 0.362. The second kappa shape index (κ2) is 9.61. The molecule has 1 aromatic heterocycles. The van der Waals surface area contributed by atoms with Crippen LogP contribution in [0.3, 0.4) is 0 Å². The summed E-state index contributed by atoms with van der Waals surface area (Å²) >= 11 is 7.17. The zero-order valence-electron chi connectivity index (χ0n) is 17.7. The molecule has 172 valence electrons. The van der Waals surface area contributed by atoms with Crippen molar-refractivity contribution in [2.75, 3.05) is 12.8 Å². The van der Waals surface area contributed by atoms with Crippen molar-refractivity contribution < 1.29 is 21.2 Å². The van der Waals surface area contributed by atoms with Crippen LogP contribution in [0.5, 0.6) is 0 Å². The zero-order valence-corrected chi connectivity index (χ0v) is 21.0. The average Bonchev–Trinajstić information content (AvgIpc) is 3.17. The van der Waals surface area contributed by atoms with Gasteiger partial charge >= 0.3 is 0 Å². The van der Waals surface area contributed by atoms with Gasteiger partial charge in [-0.1, -0.05) is 43.6 Å². The number of thiophene rings is 1. The fourth-order valence-electron chi connectivity index (χ4n) is 3.15. The van der Waals surface area contributed by atoms with Crippen molar-refractivity contribution in [3.63, 3.8) is 0 Å². The Morgan fingerprint density at radius 2 is 1.72 bits per heavy atom. The molecule has 0 fully saturated rings. The SMILES string of the molecule is CC(C)CN(Cc1ccc(-c2cccc(S(C)(=O)=O)c2)s1)S(=O)(=O)c1cccc(Cl)c1F. The molecule has 0 atom stereocenters. The number of sulfone groups is 1. The molecular formula is C22H23ClFNO4S3. The summed E-state index contributed by atoms with van der Waals surface area (Å²) in [5.74, 6) is -0.953. The molecule has 10 heteroatoms. The number of hydrogen-bond donors (Lipinski definition) is 0. The Hall–Kier alpha value is -1.78. The van der Waals surface area contributed by atoms with Crippen LogP contribution in [0.4, 0.5) is 4.39 Å². The van der Waals surface area contributed by atoms with E-state index in [0.29, 0.717) is 0 Å². The van der Waals surface area contributed by atoms with Crippen molar-refractivity contribution in [2.24, 2.45) is 5.92 Å². The van der Waals surface area contributed by atoms with Crippen LogP contribution in [0.15, 0.2) is 64.4 Å². The smallest absolute Gasteiger partial charge is 0.224 e. The Balaban J connectivity index is 1.95. The van der Waals surface area contributed by atoms with E-state index in [-0.39, 0.29) is 28.9 Å². The Morgan fingerprint density at radius 3 is 2.38 bits per heavy atom. The maximum absolute atomic E-state index is 14.5. The molecule has 0 saturated heterocycles. The number of rotatable bonds is 8. The number of benzene rings is 2. The van der Waals surface area contributed by atoms with Gasteiger partial charge in [0.15, 0.2) is 15.7 Å². The second-order valence-corrected chi connectivity index (χ2v) is 13.3. The van der Waals surface area contributed by atoms with Gasteiger partial charge in [-0.05, 0) is 47.9 Å². The molecule has 0 aliphatic heterocycles. The lowest BCUT2D eigenvalue weighted by Crippen LogP contribution is -2.34. The van der Waals surface area contributed by atoms with E-state index in [1.165, 1.54) is 39.9 Å². The first-order valence-corrected chi connectivity index (χ1v) is 14.3. The Labute approximate surface area is 197 Å². The van der Waals surface area contributed by atoms with Crippen LogP contribution in [0, 0.1) is 11.7 Å². The van der Waals surface area contributed by atoms with Gasteiger partial charge in [-0.25, -0.2) is 21.2 Å². The molecule has 2 aromatic carbocycles. The first-order valence-electron chi connectivity index (χ1n) is 9.73. The fraction of sp³-hybridized carbons (Fsp3) is 0.273. The summed E-state index contributed by atoms with van der Waals surface area (Å²) in [4.78, 5) is 1.31. The lowest BCUT2D eigenvalue weighted by atomic mass is 10.2. The summed E-state index contributed by atoms with van der Waals surface area (Å²) < 4.78 is 66.0. The van der Waals surface area contributed by atoms with Gasteiger partial charge in [0.05, 0.1) is 9.92 Å². The third kappa shape index (κ3) is 5.58. The summed E-state index contributed by atoms with van der Waals surface area (Å²) in [6.07, 6.45) is 1.15. The molecule has 0 aliphatic carbocycles. The third-order valence-electron chi connectivity index (χ3n) is 4.64. The molecule has 5 nitrogen and oxygen atoms in total. The summed E-state index contributed by atoms with van der Waals surface area (Å²) in [5, 5.41) is -0.250. The van der Waals surface area contributed by atoms with Gasteiger partial charge in [0, 0.05) is 29.1 Å². The molecule has 0 radical (unpaired) electrons. The van der Waals surface area contributed by atoms with Crippen LogP contribution in [-0.4, -0.2) is 33.9 Å². The summed E-state index contributed by atoms with van der Waals surface area (Å²) in [7, 11) is -7.47. The van der Waals surface area contributed by atoms with Gasteiger partial charge in [-0.15, -0.1) is 11.3 Å². The first kappa shape index (κ1) is 24.9. The van der Waals surface area contributed by atoms with Crippen molar-refractivity contribution in [1.82, 2.24) is 4.31 Å². The quantitative estimate of drug-likeness (QED) is 0.399. The highest BCUT2D eigenvalue weighted by Crippen LogP contribution is 2.32. The van der Waals surface area contributed by atoms with Crippen LogP contribution < -0.4 is 0 Å². The van der Waals surface area contributed by atoms with Crippen LogP contribution in [0.1, 0.15) is 18.7 Å². The maximum Gasteiger partial charge on any atom is 0.246 e. The molecule has 0 saturated carbocycles. The van der Waals surface area contributed by atoms with Crippen LogP contribution in [-0.2, 0) is 26.4 Å². The standard InChI is InChI=1S/C22H23ClFNO4S3/c1-15(2)13-25(32(28,29)21-9-5-8-19(23)22(21)24)14-17-10-11-20(30-17)16-6-4-7-18(12-16)31(3,26)27/h4-12,15H,13-14H2,1-3H3. The predicted molar refractivity (Wildman–Crippen MR) is 127 cm³/mol. The Morgan fingerprint density at radius 1 is 1.03 bits per heavy atom. The molecular weight excluding hydrogens is 493 g/mol. The van der Waals surface area contributed by atoms with E-state index in [9.17, 15) is 21.2 Å². The molecule has 3 aromatic rings. The Bertz CT molecular complexity index is 1330. The number of halogens is 2. The van der Waals surface area contributed by atoms with Crippen molar-refractivity contribution in [3.8, 4) is 10.4 Å². The topological polar surface area (TPSA) is 71.5 Å². The fourth-order valence-corrected chi connectivity index (χ4v) is 6.82. The average molecular weight is 516 g/mol. The Kier molecular flexibility index (Phi) is 7.46. The highest BCUT2D eigenvalue weighted by atomic mass is 35.5. The van der Waals surface area contributed by atoms with E-state index in [0.717, 1.165) is 21.6 Å². The summed E-state index contributed by atoms with van der Waals surface area (Å²) in [6, 6.07) is 14.1. The summed E-state index contributed by atoms with van der Waals surface area (Å²) in [6.45, 7) is 4.02. The van der Waals surface area contributed by atoms with Crippen LogP contribution in [0.25, 0.3) is 10.4 Å². The second-order valence-electron chi connectivity index (χ2n) is 7.81. The van der Waals surface area contributed by atoms with Gasteiger partial charge in [-0.3, -0.25) is 0 Å². The van der Waals surface area contributed by atoms with Gasteiger partial charge in [-0.2, -0.15) is 4.31 Å². The lowest BCUT2D eigenvalue weighted by Gasteiger charge is -2.24. The van der Waals surface area contributed by atoms with Crippen molar-refractivity contribution >= 4 is 42.8 Å². The first-order chi connectivity index (χ1) is 14.9. The van der Waals surface area contributed by atoms with Gasteiger partial charge in [0.2, 0.25) is 10.0 Å². The van der Waals surface area contributed by atoms with E-state index in [4.69, 9.17) is 11.6 Å². The number of hydrogen-bond acceptors (Lipinski definition) is 5. The molecule has 32 heavy (non-hydrogen) atoms. The van der Waals surface area contributed by atoms with E-state index >= 15 is 0 Å². The molecule has 3 rings (SSSR count). The molecule has 0 N–H and O–H groups in total. The van der Waals surface area contributed by atoms with Crippen molar-refractivity contribution in [3.05, 3.63) is 70.3 Å². The minimum atomic E-state index is -4.13. The zero-order chi connectivity index (χ0) is 23.7. The predicted octanol–water partition coefficient (Wildman–Crippen LogP) is 5.46. The van der Waals surface area contributed by atoms with Gasteiger partial charge < -0.3 is 0 Å². The minimum absolute atomic E-state index is 0.0119. The van der Waals surface area contributed by atoms with E-state index in [1.54, 1.807) is 24.3 Å². The molecule has 0 aliphatic rings.